The Morgan fingerprint density at radius 1 is 1.07 bits per heavy atom. The molecule has 0 aliphatic carbocycles. The topological polar surface area (TPSA) is 133 Å². The summed E-state index contributed by atoms with van der Waals surface area (Å²) in [5.74, 6) is 2.62. The van der Waals surface area contributed by atoms with Crippen LogP contribution in [0.3, 0.4) is 0 Å². The molecule has 7 rings (SSSR count). The summed E-state index contributed by atoms with van der Waals surface area (Å²) in [7, 11) is 1.85. The number of piperidine rings is 1. The van der Waals surface area contributed by atoms with E-state index < -0.39 is 0 Å². The van der Waals surface area contributed by atoms with E-state index >= 15 is 0 Å². The van der Waals surface area contributed by atoms with Gasteiger partial charge in [0, 0.05) is 51.2 Å². The number of aromatic nitrogens is 5. The fourth-order valence-corrected chi connectivity index (χ4v) is 6.56. The van der Waals surface area contributed by atoms with E-state index in [-0.39, 0.29) is 35.9 Å². The first-order valence-electron chi connectivity index (χ1n) is 14.0. The Kier molecular flexibility index (Phi) is 6.96. The minimum atomic E-state index is 0. The zero-order chi connectivity index (χ0) is 26.7. The number of hydrogen-bond acceptors (Lipinski definition) is 10. The molecule has 3 aromatic heterocycles. The van der Waals surface area contributed by atoms with E-state index in [2.05, 4.69) is 37.9 Å². The molecule has 3 N–H and O–H groups in total. The average Bonchev–Trinajstić information content (AvgIpc) is 3.50. The van der Waals surface area contributed by atoms with Crippen molar-refractivity contribution in [1.29, 1.82) is 0 Å². The molecule has 1 amide bonds. The maximum Gasteiger partial charge on any atom is 0.241 e. The molecule has 0 unspecified atom stereocenters. The third kappa shape index (κ3) is 4.42. The molecule has 7 heterocycles. The van der Waals surface area contributed by atoms with Gasteiger partial charge in [-0.15, -0.1) is 12.4 Å². The van der Waals surface area contributed by atoms with Crippen LogP contribution in [0.5, 0.6) is 0 Å². The second-order valence-electron chi connectivity index (χ2n) is 11.5. The maximum atomic E-state index is 12.2. The van der Waals surface area contributed by atoms with Gasteiger partial charge in [0.15, 0.2) is 17.0 Å². The number of nitrogens with one attached hydrogen (secondary N) is 1. The number of pyridine rings is 1. The predicted octanol–water partition coefficient (Wildman–Crippen LogP) is 1.87. The van der Waals surface area contributed by atoms with Crippen molar-refractivity contribution in [2.24, 2.45) is 11.1 Å². The van der Waals surface area contributed by atoms with E-state index in [1.807, 2.05) is 19.3 Å². The predicted molar refractivity (Wildman–Crippen MR) is 156 cm³/mol. The molecule has 40 heavy (non-hydrogen) atoms. The van der Waals surface area contributed by atoms with Crippen LogP contribution in [0, 0.1) is 5.41 Å². The highest BCUT2D eigenvalue weighted by molar-refractivity contribution is 5.88. The number of carbonyl (C=O) groups excluding carboxylic acids is 1. The number of ether oxygens (including phenoxy) is 1. The molecule has 1 spiro atoms. The van der Waals surface area contributed by atoms with E-state index in [0.717, 1.165) is 92.8 Å². The van der Waals surface area contributed by atoms with E-state index in [0.29, 0.717) is 18.7 Å². The number of piperazine rings is 1. The summed E-state index contributed by atoms with van der Waals surface area (Å²) in [5.41, 5.74) is 10.1. The molecule has 214 valence electrons. The largest absolute Gasteiger partial charge is 0.376 e. The minimum Gasteiger partial charge on any atom is -0.376 e. The van der Waals surface area contributed by atoms with Crippen LogP contribution < -0.4 is 20.4 Å². The molecule has 2 atom stereocenters. The molecule has 3 aromatic rings. The van der Waals surface area contributed by atoms with E-state index in [1.165, 1.54) is 0 Å². The average molecular weight is 569 g/mol. The Bertz CT molecular complexity index is 1410. The number of fused-ring (bicyclic) bond motifs is 2. The van der Waals surface area contributed by atoms with Crippen LogP contribution in [-0.2, 0) is 16.0 Å². The Morgan fingerprint density at radius 2 is 1.90 bits per heavy atom. The Labute approximate surface area is 239 Å². The summed E-state index contributed by atoms with van der Waals surface area (Å²) in [6, 6.07) is 4.20. The van der Waals surface area contributed by atoms with Crippen molar-refractivity contribution in [2.75, 3.05) is 67.6 Å². The van der Waals surface area contributed by atoms with Crippen molar-refractivity contribution >= 4 is 52.6 Å². The molecule has 0 saturated carbocycles. The summed E-state index contributed by atoms with van der Waals surface area (Å²) < 4.78 is 5.88. The first-order chi connectivity index (χ1) is 18.9. The van der Waals surface area contributed by atoms with E-state index in [9.17, 15) is 4.79 Å². The molecule has 12 nitrogen and oxygen atoms in total. The van der Waals surface area contributed by atoms with Gasteiger partial charge in [-0.1, -0.05) is 0 Å². The van der Waals surface area contributed by atoms with Gasteiger partial charge in [0.1, 0.15) is 11.6 Å². The number of aryl methyl sites for hydroxylation is 1. The van der Waals surface area contributed by atoms with Crippen LogP contribution in [0.4, 0.5) is 23.1 Å². The molecule has 0 radical (unpaired) electrons. The molecule has 0 aromatic carbocycles. The van der Waals surface area contributed by atoms with Gasteiger partial charge in [-0.25, -0.2) is 15.0 Å². The molecular weight excluding hydrogens is 532 g/mol. The van der Waals surface area contributed by atoms with Crippen LogP contribution in [0.1, 0.15) is 31.9 Å². The number of aromatic amines is 1. The number of likely N-dealkylation sites (N-methyl/N-ethyl adjacent to an activating group) is 1. The van der Waals surface area contributed by atoms with Crippen molar-refractivity contribution in [3.8, 4) is 0 Å². The third-order valence-corrected chi connectivity index (χ3v) is 9.23. The molecule has 13 heteroatoms. The summed E-state index contributed by atoms with van der Waals surface area (Å²) >= 11 is 0. The fourth-order valence-electron chi connectivity index (χ4n) is 6.56. The standard InChI is InChI=1S/C27H36N10O2.ClH/c1-17-24(28)27(16-39-17)7-10-35(11-8-27)21-14-29-23-25(31-21)32-33-26(23)37-9-3-4-18-19(37)5-6-20(30-18)36-13-12-34(2)22(38)15-36;/h5-6,14,17,24H,3-4,7-13,15-16,28H2,1-2H3,(H,31,32,33);1H/t17-,24+;/m0./s1. The van der Waals surface area contributed by atoms with Crippen LogP contribution in [0.15, 0.2) is 18.3 Å². The fraction of sp³-hybridized carbons (Fsp3) is 0.593. The second-order valence-corrected chi connectivity index (χ2v) is 11.5. The number of anilines is 4. The zero-order valence-electron chi connectivity index (χ0n) is 23.0. The van der Waals surface area contributed by atoms with Crippen LogP contribution in [0.2, 0.25) is 0 Å². The van der Waals surface area contributed by atoms with Crippen molar-refractivity contribution in [1.82, 2.24) is 30.0 Å². The number of nitrogens with zero attached hydrogens (tertiary/aromatic N) is 8. The van der Waals surface area contributed by atoms with Gasteiger partial charge in [-0.05, 0) is 44.7 Å². The maximum absolute atomic E-state index is 12.2. The molecule has 3 saturated heterocycles. The summed E-state index contributed by atoms with van der Waals surface area (Å²) in [6.45, 7) is 7.30. The van der Waals surface area contributed by atoms with Crippen LogP contribution in [-0.4, -0.2) is 101 Å². The lowest BCUT2D eigenvalue weighted by atomic mass is 9.73. The van der Waals surface area contributed by atoms with Crippen LogP contribution in [0.25, 0.3) is 11.2 Å². The second kappa shape index (κ2) is 10.3. The lowest BCUT2D eigenvalue weighted by Gasteiger charge is -2.41. The number of carbonyl (C=O) groups is 1. The summed E-state index contributed by atoms with van der Waals surface area (Å²) in [4.78, 5) is 35.2. The molecule has 4 aliphatic rings. The summed E-state index contributed by atoms with van der Waals surface area (Å²) in [6.07, 6.45) is 5.83. The summed E-state index contributed by atoms with van der Waals surface area (Å²) in [5, 5.41) is 7.77. The lowest BCUT2D eigenvalue weighted by molar-refractivity contribution is -0.129. The van der Waals surface area contributed by atoms with Crippen LogP contribution >= 0.6 is 12.4 Å². The van der Waals surface area contributed by atoms with Gasteiger partial charge in [0.05, 0.1) is 36.8 Å². The van der Waals surface area contributed by atoms with E-state index in [4.69, 9.17) is 25.4 Å². The van der Waals surface area contributed by atoms with Gasteiger partial charge in [0.25, 0.3) is 0 Å². The Hall–Kier alpha value is -3.22. The highest BCUT2D eigenvalue weighted by Gasteiger charge is 2.47. The highest BCUT2D eigenvalue weighted by Crippen LogP contribution is 2.42. The smallest absolute Gasteiger partial charge is 0.241 e. The quantitative estimate of drug-likeness (QED) is 0.482. The van der Waals surface area contributed by atoms with Crippen molar-refractivity contribution < 1.29 is 9.53 Å². The van der Waals surface area contributed by atoms with Gasteiger partial charge in [-0.3, -0.25) is 9.89 Å². The number of nitrogens with two attached hydrogens (primary N) is 1. The van der Waals surface area contributed by atoms with Gasteiger partial charge < -0.3 is 30.1 Å². The zero-order valence-corrected chi connectivity index (χ0v) is 23.9. The number of hydrogen-bond donors (Lipinski definition) is 2. The van der Waals surface area contributed by atoms with Crippen molar-refractivity contribution in [2.45, 2.75) is 44.8 Å². The van der Waals surface area contributed by atoms with Crippen molar-refractivity contribution in [3.05, 3.63) is 24.0 Å². The minimum absolute atomic E-state index is 0. The first-order valence-corrected chi connectivity index (χ1v) is 14.0. The Morgan fingerprint density at radius 3 is 2.65 bits per heavy atom. The number of rotatable bonds is 3. The Balaban J connectivity index is 0.00000289. The van der Waals surface area contributed by atoms with Gasteiger partial charge >= 0.3 is 0 Å². The number of halogens is 1. The first kappa shape index (κ1) is 27.0. The molecular formula is C27H37ClN10O2. The van der Waals surface area contributed by atoms with E-state index in [1.54, 1.807) is 4.90 Å². The molecule has 4 aliphatic heterocycles. The number of amides is 1. The third-order valence-electron chi connectivity index (χ3n) is 9.23. The lowest BCUT2D eigenvalue weighted by Crippen LogP contribution is -2.50. The normalized spacial score (nSPS) is 24.5. The van der Waals surface area contributed by atoms with Gasteiger partial charge in [-0.2, -0.15) is 5.10 Å². The SMILES string of the molecule is C[C@@H]1OCC2(CCN(c3cnc4c(N5CCCc6nc(N7CCN(C)C(=O)C7)ccc65)n[nH]c4n3)CC2)[C@@H]1N.Cl. The van der Waals surface area contributed by atoms with Gasteiger partial charge in [0.2, 0.25) is 5.91 Å². The van der Waals surface area contributed by atoms with Crippen molar-refractivity contribution in [3.63, 3.8) is 0 Å². The highest BCUT2D eigenvalue weighted by atomic mass is 35.5. The molecule has 0 bridgehead atoms. The number of H-pyrrole nitrogens is 1. The molecule has 3 fully saturated rings. The monoisotopic (exact) mass is 568 g/mol.